The topological polar surface area (TPSA) is 75.4 Å². The van der Waals surface area contributed by atoms with Crippen LogP contribution in [0.3, 0.4) is 0 Å². The standard InChI is InChI=1S/C13H22FN3O2S/c1-10-7-12(8-11(2)13(10)14)9-16-20(18,19)17(3)6-4-5-15/h7-8,16H,4-6,9,15H2,1-3H3. The van der Waals surface area contributed by atoms with Crippen LogP contribution in [0.15, 0.2) is 12.1 Å². The van der Waals surface area contributed by atoms with Gasteiger partial charge < -0.3 is 5.73 Å². The van der Waals surface area contributed by atoms with E-state index in [0.717, 1.165) is 5.56 Å². The zero-order chi connectivity index (χ0) is 15.3. The second-order valence-electron chi connectivity index (χ2n) is 4.83. The Morgan fingerprint density at radius 2 is 1.85 bits per heavy atom. The molecule has 3 N–H and O–H groups in total. The van der Waals surface area contributed by atoms with Crippen LogP contribution in [-0.2, 0) is 16.8 Å². The highest BCUT2D eigenvalue weighted by Gasteiger charge is 2.16. The molecule has 0 saturated carbocycles. The molecule has 5 nitrogen and oxygen atoms in total. The summed E-state index contributed by atoms with van der Waals surface area (Å²) in [5.74, 6) is -0.253. The lowest BCUT2D eigenvalue weighted by atomic mass is 10.1. The first kappa shape index (κ1) is 17.0. The maximum Gasteiger partial charge on any atom is 0.279 e. The van der Waals surface area contributed by atoms with Crippen molar-refractivity contribution in [2.24, 2.45) is 5.73 Å². The molecule has 0 spiro atoms. The van der Waals surface area contributed by atoms with Crippen LogP contribution in [0.1, 0.15) is 23.1 Å². The summed E-state index contributed by atoms with van der Waals surface area (Å²) in [6.07, 6.45) is 0.603. The van der Waals surface area contributed by atoms with E-state index in [2.05, 4.69) is 4.72 Å². The lowest BCUT2D eigenvalue weighted by molar-refractivity contribution is 0.452. The van der Waals surface area contributed by atoms with Crippen molar-refractivity contribution in [1.29, 1.82) is 0 Å². The van der Waals surface area contributed by atoms with Gasteiger partial charge in [0.25, 0.3) is 10.2 Å². The maximum absolute atomic E-state index is 13.5. The van der Waals surface area contributed by atoms with Crippen molar-refractivity contribution in [1.82, 2.24) is 9.03 Å². The molecular formula is C13H22FN3O2S. The van der Waals surface area contributed by atoms with E-state index in [9.17, 15) is 12.8 Å². The molecule has 7 heteroatoms. The average molecular weight is 303 g/mol. The van der Waals surface area contributed by atoms with E-state index in [4.69, 9.17) is 5.73 Å². The van der Waals surface area contributed by atoms with Gasteiger partial charge in [-0.15, -0.1) is 0 Å². The number of rotatable bonds is 7. The molecule has 0 radical (unpaired) electrons. The molecule has 0 aliphatic rings. The maximum atomic E-state index is 13.5. The van der Waals surface area contributed by atoms with Crippen LogP contribution in [0.2, 0.25) is 0 Å². The number of aryl methyl sites for hydroxylation is 2. The first-order valence-electron chi connectivity index (χ1n) is 6.44. The first-order chi connectivity index (χ1) is 9.27. The third-order valence-electron chi connectivity index (χ3n) is 3.04. The molecule has 0 saturated heterocycles. The highest BCUT2D eigenvalue weighted by molar-refractivity contribution is 7.87. The number of nitrogens with one attached hydrogen (secondary N) is 1. The minimum absolute atomic E-state index is 0.136. The summed E-state index contributed by atoms with van der Waals surface area (Å²) in [4.78, 5) is 0. The highest BCUT2D eigenvalue weighted by Crippen LogP contribution is 2.14. The van der Waals surface area contributed by atoms with Gasteiger partial charge in [0.1, 0.15) is 5.82 Å². The third kappa shape index (κ3) is 4.52. The van der Waals surface area contributed by atoms with Crippen LogP contribution in [0.5, 0.6) is 0 Å². The van der Waals surface area contributed by atoms with Crippen molar-refractivity contribution in [2.45, 2.75) is 26.8 Å². The van der Waals surface area contributed by atoms with E-state index < -0.39 is 10.2 Å². The SMILES string of the molecule is Cc1cc(CNS(=O)(=O)N(C)CCCN)cc(C)c1F. The van der Waals surface area contributed by atoms with Crippen molar-refractivity contribution in [3.05, 3.63) is 34.6 Å². The fourth-order valence-electron chi connectivity index (χ4n) is 1.86. The Hall–Kier alpha value is -1.02. The molecule has 0 fully saturated rings. The molecule has 114 valence electrons. The van der Waals surface area contributed by atoms with Gasteiger partial charge in [-0.3, -0.25) is 0 Å². The van der Waals surface area contributed by atoms with Crippen molar-refractivity contribution in [3.8, 4) is 0 Å². The Balaban J connectivity index is 2.71. The largest absolute Gasteiger partial charge is 0.330 e. The van der Waals surface area contributed by atoms with Crippen molar-refractivity contribution >= 4 is 10.2 Å². The molecule has 20 heavy (non-hydrogen) atoms. The molecule has 0 aliphatic heterocycles. The number of hydrogen-bond acceptors (Lipinski definition) is 3. The summed E-state index contributed by atoms with van der Waals surface area (Å²) < 4.78 is 41.1. The Morgan fingerprint density at radius 3 is 2.35 bits per heavy atom. The molecule has 1 aromatic rings. The minimum atomic E-state index is -3.53. The Labute approximate surface area is 120 Å². The fraction of sp³-hybridized carbons (Fsp3) is 0.538. The van der Waals surface area contributed by atoms with Crippen LogP contribution < -0.4 is 10.5 Å². The smallest absolute Gasteiger partial charge is 0.279 e. The number of hydrogen-bond donors (Lipinski definition) is 2. The van der Waals surface area contributed by atoms with Gasteiger partial charge in [-0.05, 0) is 43.5 Å². The summed E-state index contributed by atoms with van der Waals surface area (Å²) in [7, 11) is -2.03. The quantitative estimate of drug-likeness (QED) is 0.791. The van der Waals surface area contributed by atoms with Gasteiger partial charge in [0.05, 0.1) is 0 Å². The van der Waals surface area contributed by atoms with E-state index in [1.165, 1.54) is 11.4 Å². The Kier molecular flexibility index (Phi) is 6.07. The second-order valence-corrected chi connectivity index (χ2v) is 6.70. The van der Waals surface area contributed by atoms with E-state index in [1.54, 1.807) is 26.0 Å². The molecule has 1 rings (SSSR count). The van der Waals surface area contributed by atoms with Crippen LogP contribution in [0.25, 0.3) is 0 Å². The predicted octanol–water partition coefficient (Wildman–Crippen LogP) is 1.06. The summed E-state index contributed by atoms with van der Waals surface area (Å²) in [6, 6.07) is 3.29. The molecule has 0 aromatic heterocycles. The van der Waals surface area contributed by atoms with E-state index in [-0.39, 0.29) is 12.4 Å². The fourth-order valence-corrected chi connectivity index (χ4v) is 2.80. The molecule has 0 bridgehead atoms. The molecule has 0 aliphatic carbocycles. The number of halogens is 1. The van der Waals surface area contributed by atoms with Gasteiger partial charge in [-0.25, -0.2) is 4.39 Å². The van der Waals surface area contributed by atoms with Crippen molar-refractivity contribution in [3.63, 3.8) is 0 Å². The molecule has 0 atom stereocenters. The van der Waals surface area contributed by atoms with Crippen LogP contribution in [0, 0.1) is 19.7 Å². The van der Waals surface area contributed by atoms with E-state index in [1.807, 2.05) is 0 Å². The molecule has 0 heterocycles. The normalized spacial score (nSPS) is 12.1. The summed E-state index contributed by atoms with van der Waals surface area (Å²) in [6.45, 7) is 4.27. The van der Waals surface area contributed by atoms with E-state index in [0.29, 0.717) is 30.6 Å². The first-order valence-corrected chi connectivity index (χ1v) is 7.88. The van der Waals surface area contributed by atoms with Gasteiger partial charge in [0.2, 0.25) is 0 Å². The zero-order valence-electron chi connectivity index (χ0n) is 12.1. The lowest BCUT2D eigenvalue weighted by Gasteiger charge is -2.17. The van der Waals surface area contributed by atoms with Crippen molar-refractivity contribution in [2.75, 3.05) is 20.1 Å². The number of nitrogens with two attached hydrogens (primary N) is 1. The van der Waals surface area contributed by atoms with Gasteiger partial charge in [-0.1, -0.05) is 12.1 Å². The lowest BCUT2D eigenvalue weighted by Crippen LogP contribution is -2.38. The van der Waals surface area contributed by atoms with Crippen LogP contribution >= 0.6 is 0 Å². The Morgan fingerprint density at radius 1 is 1.30 bits per heavy atom. The van der Waals surface area contributed by atoms with Gasteiger partial charge in [0.15, 0.2) is 0 Å². The average Bonchev–Trinajstić information content (AvgIpc) is 2.39. The number of benzene rings is 1. The third-order valence-corrected chi connectivity index (χ3v) is 4.55. The van der Waals surface area contributed by atoms with Crippen LogP contribution in [0.4, 0.5) is 4.39 Å². The minimum Gasteiger partial charge on any atom is -0.330 e. The second kappa shape index (κ2) is 7.12. The number of nitrogens with zero attached hydrogens (tertiary/aromatic N) is 1. The Bertz CT molecular complexity index is 538. The van der Waals surface area contributed by atoms with Crippen molar-refractivity contribution < 1.29 is 12.8 Å². The zero-order valence-corrected chi connectivity index (χ0v) is 12.9. The monoisotopic (exact) mass is 303 g/mol. The highest BCUT2D eigenvalue weighted by atomic mass is 32.2. The van der Waals surface area contributed by atoms with E-state index >= 15 is 0 Å². The summed E-state index contributed by atoms with van der Waals surface area (Å²) >= 11 is 0. The van der Waals surface area contributed by atoms with Crippen LogP contribution in [-0.4, -0.2) is 32.9 Å². The van der Waals surface area contributed by atoms with Gasteiger partial charge in [-0.2, -0.15) is 17.4 Å². The molecule has 0 amide bonds. The van der Waals surface area contributed by atoms with Gasteiger partial charge >= 0.3 is 0 Å². The summed E-state index contributed by atoms with van der Waals surface area (Å²) in [5.41, 5.74) is 7.11. The van der Waals surface area contributed by atoms with Gasteiger partial charge in [0, 0.05) is 20.1 Å². The predicted molar refractivity (Wildman–Crippen MR) is 77.9 cm³/mol. The summed E-state index contributed by atoms with van der Waals surface area (Å²) in [5, 5.41) is 0. The molecular weight excluding hydrogens is 281 g/mol. The molecule has 1 aromatic carbocycles. The molecule has 0 unspecified atom stereocenters.